The molecule has 1 fully saturated rings. The first-order valence-electron chi connectivity index (χ1n) is 6.23. The van der Waals surface area contributed by atoms with E-state index in [1.807, 2.05) is 31.3 Å². The van der Waals surface area contributed by atoms with Gasteiger partial charge in [-0.3, -0.25) is 4.79 Å². The number of esters is 1. The van der Waals surface area contributed by atoms with Crippen molar-refractivity contribution in [1.82, 2.24) is 0 Å². The Balaban J connectivity index is 1.82. The summed E-state index contributed by atoms with van der Waals surface area (Å²) in [5.74, 6) is 0.117. The summed E-state index contributed by atoms with van der Waals surface area (Å²) < 4.78 is 5.33. The molecule has 3 nitrogen and oxygen atoms in total. The summed E-state index contributed by atoms with van der Waals surface area (Å²) in [4.78, 5) is 11.7. The average molecular weight is 233 g/mol. The Morgan fingerprint density at radius 1 is 1.29 bits per heavy atom. The number of benzene rings is 1. The van der Waals surface area contributed by atoms with Crippen molar-refractivity contribution in [3.63, 3.8) is 0 Å². The molecule has 92 valence electrons. The van der Waals surface area contributed by atoms with Gasteiger partial charge in [0, 0.05) is 12.7 Å². The molecule has 0 heterocycles. The van der Waals surface area contributed by atoms with Gasteiger partial charge in [-0.15, -0.1) is 0 Å². The SMILES string of the molecule is CNc1ccc(COC(=O)C2CCCC2)cc1. The van der Waals surface area contributed by atoms with E-state index < -0.39 is 0 Å². The van der Waals surface area contributed by atoms with Crippen LogP contribution in [0.15, 0.2) is 24.3 Å². The lowest BCUT2D eigenvalue weighted by atomic mass is 10.1. The number of carbonyl (C=O) groups excluding carboxylic acids is 1. The molecule has 3 heteroatoms. The minimum atomic E-state index is -0.0276. The normalized spacial score (nSPS) is 15.8. The van der Waals surface area contributed by atoms with Crippen LogP contribution in [0.4, 0.5) is 5.69 Å². The molecule has 2 rings (SSSR count). The van der Waals surface area contributed by atoms with E-state index in [9.17, 15) is 4.79 Å². The van der Waals surface area contributed by atoms with Crippen LogP contribution < -0.4 is 5.32 Å². The Bertz CT molecular complexity index is 366. The van der Waals surface area contributed by atoms with Gasteiger partial charge in [0.1, 0.15) is 6.61 Å². The number of carbonyl (C=O) groups is 1. The van der Waals surface area contributed by atoms with E-state index in [-0.39, 0.29) is 11.9 Å². The van der Waals surface area contributed by atoms with Crippen molar-refractivity contribution in [3.05, 3.63) is 29.8 Å². The van der Waals surface area contributed by atoms with Gasteiger partial charge in [-0.2, -0.15) is 0 Å². The van der Waals surface area contributed by atoms with Gasteiger partial charge in [-0.25, -0.2) is 0 Å². The summed E-state index contributed by atoms with van der Waals surface area (Å²) in [7, 11) is 1.88. The predicted octanol–water partition coefficient (Wildman–Crippen LogP) is 2.96. The van der Waals surface area contributed by atoms with E-state index in [2.05, 4.69) is 5.32 Å². The maximum atomic E-state index is 11.7. The fourth-order valence-corrected chi connectivity index (χ4v) is 2.20. The van der Waals surface area contributed by atoms with Gasteiger partial charge in [0.15, 0.2) is 0 Å². The summed E-state index contributed by atoms with van der Waals surface area (Å²) in [5.41, 5.74) is 2.10. The lowest BCUT2D eigenvalue weighted by Gasteiger charge is -2.10. The molecule has 1 aromatic carbocycles. The Morgan fingerprint density at radius 3 is 2.53 bits per heavy atom. The van der Waals surface area contributed by atoms with Crippen molar-refractivity contribution in [2.24, 2.45) is 5.92 Å². The quantitative estimate of drug-likeness (QED) is 0.812. The van der Waals surface area contributed by atoms with Crippen molar-refractivity contribution in [1.29, 1.82) is 0 Å². The molecule has 1 aliphatic rings. The lowest BCUT2D eigenvalue weighted by molar-refractivity contribution is -0.149. The minimum absolute atomic E-state index is 0.0276. The first kappa shape index (κ1) is 12.0. The molecule has 1 N–H and O–H groups in total. The second-order valence-corrected chi connectivity index (χ2v) is 4.54. The van der Waals surface area contributed by atoms with E-state index in [4.69, 9.17) is 4.74 Å². The molecule has 1 saturated carbocycles. The Kier molecular flexibility index (Phi) is 4.02. The largest absolute Gasteiger partial charge is 0.461 e. The maximum Gasteiger partial charge on any atom is 0.309 e. The standard InChI is InChI=1S/C14H19NO2/c1-15-13-8-6-11(7-9-13)10-17-14(16)12-4-2-3-5-12/h6-9,12,15H,2-5,10H2,1H3. The lowest BCUT2D eigenvalue weighted by Crippen LogP contribution is -2.14. The van der Waals surface area contributed by atoms with Crippen LogP contribution in [0.25, 0.3) is 0 Å². The third-order valence-corrected chi connectivity index (χ3v) is 3.31. The highest BCUT2D eigenvalue weighted by Gasteiger charge is 2.23. The van der Waals surface area contributed by atoms with Crippen LogP contribution in [0.2, 0.25) is 0 Å². The number of ether oxygens (including phenoxy) is 1. The zero-order chi connectivity index (χ0) is 12.1. The van der Waals surface area contributed by atoms with Gasteiger partial charge >= 0.3 is 5.97 Å². The number of anilines is 1. The molecule has 17 heavy (non-hydrogen) atoms. The van der Waals surface area contributed by atoms with Gasteiger partial charge in [-0.05, 0) is 30.5 Å². The van der Waals surface area contributed by atoms with Crippen molar-refractivity contribution in [3.8, 4) is 0 Å². The van der Waals surface area contributed by atoms with E-state index in [0.717, 1.165) is 36.9 Å². The zero-order valence-corrected chi connectivity index (χ0v) is 10.2. The molecule has 0 aliphatic heterocycles. The summed E-state index contributed by atoms with van der Waals surface area (Å²) >= 11 is 0. The molecule has 0 amide bonds. The fourth-order valence-electron chi connectivity index (χ4n) is 2.20. The van der Waals surface area contributed by atoms with Crippen molar-refractivity contribution >= 4 is 11.7 Å². The maximum absolute atomic E-state index is 11.7. The second kappa shape index (κ2) is 5.71. The fraction of sp³-hybridized carbons (Fsp3) is 0.500. The Morgan fingerprint density at radius 2 is 1.94 bits per heavy atom. The van der Waals surface area contributed by atoms with Crippen LogP contribution in [-0.2, 0) is 16.1 Å². The number of hydrogen-bond acceptors (Lipinski definition) is 3. The second-order valence-electron chi connectivity index (χ2n) is 4.54. The zero-order valence-electron chi connectivity index (χ0n) is 10.2. The van der Waals surface area contributed by atoms with E-state index in [1.165, 1.54) is 0 Å². The van der Waals surface area contributed by atoms with E-state index >= 15 is 0 Å². The topological polar surface area (TPSA) is 38.3 Å². The van der Waals surface area contributed by atoms with Crippen LogP contribution in [0.1, 0.15) is 31.2 Å². The highest BCUT2D eigenvalue weighted by Crippen LogP contribution is 2.26. The first-order valence-corrected chi connectivity index (χ1v) is 6.23. The average Bonchev–Trinajstić information content (AvgIpc) is 2.90. The van der Waals surface area contributed by atoms with Crippen LogP contribution >= 0.6 is 0 Å². The summed E-state index contributed by atoms with van der Waals surface area (Å²) in [6.07, 6.45) is 4.32. The number of hydrogen-bond donors (Lipinski definition) is 1. The predicted molar refractivity (Wildman–Crippen MR) is 67.7 cm³/mol. The Labute approximate surface area is 102 Å². The van der Waals surface area contributed by atoms with Gasteiger partial charge in [0.2, 0.25) is 0 Å². The van der Waals surface area contributed by atoms with Crippen LogP contribution in [0.5, 0.6) is 0 Å². The molecule has 0 aromatic heterocycles. The molecule has 0 saturated heterocycles. The number of rotatable bonds is 4. The molecule has 0 bridgehead atoms. The summed E-state index contributed by atoms with van der Waals surface area (Å²) in [5, 5.41) is 3.06. The molecule has 0 radical (unpaired) electrons. The molecular formula is C14H19NO2. The first-order chi connectivity index (χ1) is 8.29. The van der Waals surface area contributed by atoms with Gasteiger partial charge in [0.05, 0.1) is 5.92 Å². The van der Waals surface area contributed by atoms with Crippen LogP contribution in [-0.4, -0.2) is 13.0 Å². The van der Waals surface area contributed by atoms with Gasteiger partial charge in [0.25, 0.3) is 0 Å². The molecule has 1 aromatic rings. The molecule has 0 unspecified atom stereocenters. The molecular weight excluding hydrogens is 214 g/mol. The summed E-state index contributed by atoms with van der Waals surface area (Å²) in [6.45, 7) is 0.388. The summed E-state index contributed by atoms with van der Waals surface area (Å²) in [6, 6.07) is 7.93. The third-order valence-electron chi connectivity index (χ3n) is 3.31. The van der Waals surface area contributed by atoms with Gasteiger partial charge in [-0.1, -0.05) is 25.0 Å². The van der Waals surface area contributed by atoms with Crippen molar-refractivity contribution in [2.75, 3.05) is 12.4 Å². The minimum Gasteiger partial charge on any atom is -0.461 e. The molecule has 0 atom stereocenters. The third kappa shape index (κ3) is 3.22. The van der Waals surface area contributed by atoms with Crippen molar-refractivity contribution < 1.29 is 9.53 Å². The monoisotopic (exact) mass is 233 g/mol. The number of nitrogens with one attached hydrogen (secondary N) is 1. The highest BCUT2D eigenvalue weighted by atomic mass is 16.5. The Hall–Kier alpha value is -1.51. The smallest absolute Gasteiger partial charge is 0.309 e. The molecule has 1 aliphatic carbocycles. The van der Waals surface area contributed by atoms with Gasteiger partial charge < -0.3 is 10.1 Å². The highest BCUT2D eigenvalue weighted by molar-refractivity contribution is 5.72. The van der Waals surface area contributed by atoms with Crippen LogP contribution in [0, 0.1) is 5.92 Å². The molecule has 0 spiro atoms. The van der Waals surface area contributed by atoms with E-state index in [0.29, 0.717) is 6.61 Å². The van der Waals surface area contributed by atoms with Crippen LogP contribution in [0.3, 0.4) is 0 Å². The van der Waals surface area contributed by atoms with Crippen molar-refractivity contribution in [2.45, 2.75) is 32.3 Å². The van der Waals surface area contributed by atoms with E-state index in [1.54, 1.807) is 0 Å².